The second-order valence-electron chi connectivity index (χ2n) is 7.49. The molecule has 2 aliphatic heterocycles. The van der Waals surface area contributed by atoms with Crippen molar-refractivity contribution in [1.29, 1.82) is 0 Å². The van der Waals surface area contributed by atoms with Gasteiger partial charge in [-0.3, -0.25) is 9.69 Å². The summed E-state index contributed by atoms with van der Waals surface area (Å²) < 4.78 is 21.4. The minimum atomic E-state index is -0.945. The quantitative estimate of drug-likeness (QED) is 0.500. The second-order valence-corrected chi connectivity index (χ2v) is 7.49. The molecule has 1 aromatic carbocycles. The summed E-state index contributed by atoms with van der Waals surface area (Å²) in [4.78, 5) is 28.4. The van der Waals surface area contributed by atoms with Gasteiger partial charge in [0.25, 0.3) is 0 Å². The fraction of sp³-hybridized carbons (Fsp3) is 0.619. The molecule has 1 aromatic rings. The Kier molecular flexibility index (Phi) is 7.75. The number of fused-ring (bicyclic) bond motifs is 1. The molecule has 30 heavy (non-hydrogen) atoms. The molecule has 166 valence electrons. The third kappa shape index (κ3) is 5.99. The van der Waals surface area contributed by atoms with Gasteiger partial charge in [-0.25, -0.2) is 4.79 Å². The molecule has 0 saturated carbocycles. The molecular formula is C21H31N3O6. The first kappa shape index (κ1) is 22.2. The Bertz CT molecular complexity index is 737. The molecule has 2 unspecified atom stereocenters. The summed E-state index contributed by atoms with van der Waals surface area (Å²) >= 11 is 0. The number of hydrogen-bond donors (Lipinski definition) is 1. The number of ether oxygens (including phenoxy) is 4. The predicted molar refractivity (Wildman–Crippen MR) is 109 cm³/mol. The molecule has 1 saturated heterocycles. The van der Waals surface area contributed by atoms with Crippen LogP contribution in [0.3, 0.4) is 0 Å². The molecular weight excluding hydrogens is 390 g/mol. The molecule has 2 atom stereocenters. The maximum atomic E-state index is 12.6. The maximum absolute atomic E-state index is 12.6. The highest BCUT2D eigenvalue weighted by Gasteiger charge is 2.25. The molecule has 0 radical (unpaired) electrons. The Labute approximate surface area is 177 Å². The third-order valence-corrected chi connectivity index (χ3v) is 5.20. The Balaban J connectivity index is 1.47. The summed E-state index contributed by atoms with van der Waals surface area (Å²) in [6.07, 6.45) is -0.815. The number of benzene rings is 1. The molecule has 0 aliphatic carbocycles. The predicted octanol–water partition coefficient (Wildman–Crippen LogP) is 1.60. The minimum Gasteiger partial charge on any atom is -0.454 e. The van der Waals surface area contributed by atoms with Gasteiger partial charge in [0.1, 0.15) is 0 Å². The van der Waals surface area contributed by atoms with Gasteiger partial charge < -0.3 is 29.2 Å². The van der Waals surface area contributed by atoms with Crippen molar-refractivity contribution in [1.82, 2.24) is 15.1 Å². The number of carbonyl (C=O) groups is 2. The lowest BCUT2D eigenvalue weighted by molar-refractivity contribution is -0.167. The van der Waals surface area contributed by atoms with Crippen molar-refractivity contribution in [2.45, 2.75) is 39.5 Å². The van der Waals surface area contributed by atoms with E-state index < -0.39 is 18.4 Å². The third-order valence-electron chi connectivity index (χ3n) is 5.20. The minimum absolute atomic E-state index is 0.105. The molecule has 0 bridgehead atoms. The van der Waals surface area contributed by atoms with Gasteiger partial charge in [-0.15, -0.1) is 0 Å². The fourth-order valence-corrected chi connectivity index (χ4v) is 3.65. The number of amides is 1. The van der Waals surface area contributed by atoms with Crippen LogP contribution in [-0.4, -0.2) is 80.3 Å². The van der Waals surface area contributed by atoms with Crippen LogP contribution in [0.4, 0.5) is 4.79 Å². The zero-order chi connectivity index (χ0) is 21.5. The number of piperazine rings is 1. The number of esters is 1. The fourth-order valence-electron chi connectivity index (χ4n) is 3.65. The molecule has 1 fully saturated rings. The molecule has 0 aromatic heterocycles. The summed E-state index contributed by atoms with van der Waals surface area (Å²) in [5, 5.41) is 3.23. The normalized spacial score (nSPS) is 17.8. The van der Waals surface area contributed by atoms with Crippen LogP contribution in [0, 0.1) is 0 Å². The van der Waals surface area contributed by atoms with Crippen LogP contribution >= 0.6 is 0 Å². The van der Waals surface area contributed by atoms with Crippen LogP contribution in [0.25, 0.3) is 0 Å². The van der Waals surface area contributed by atoms with Crippen molar-refractivity contribution in [2.75, 3.05) is 46.1 Å². The summed E-state index contributed by atoms with van der Waals surface area (Å²) in [5.74, 6) is 1.05. The van der Waals surface area contributed by atoms with Crippen LogP contribution in [-0.2, 0) is 20.7 Å². The average Bonchev–Trinajstić information content (AvgIpc) is 3.16. The van der Waals surface area contributed by atoms with Crippen molar-refractivity contribution < 1.29 is 28.5 Å². The molecule has 9 heteroatoms. The lowest BCUT2D eigenvalue weighted by Crippen LogP contribution is -2.46. The standard InChI is InChI=1S/C21H31N3O6/c1-4-24(15(2)11-17-5-6-18-19(12-17)28-14-27-18)21(26)30-16(3)29-20(25)13-23-9-7-22-8-10-23/h5-6,12,15-16,22H,4,7-11,13-14H2,1-3H3. The highest BCUT2D eigenvalue weighted by atomic mass is 16.7. The summed E-state index contributed by atoms with van der Waals surface area (Å²) in [6, 6.07) is 5.66. The van der Waals surface area contributed by atoms with Gasteiger partial charge in [0, 0.05) is 45.7 Å². The Morgan fingerprint density at radius 2 is 1.90 bits per heavy atom. The summed E-state index contributed by atoms with van der Waals surface area (Å²) in [7, 11) is 0. The van der Waals surface area contributed by atoms with E-state index in [0.29, 0.717) is 13.0 Å². The largest absolute Gasteiger partial charge is 0.454 e. The Hall–Kier alpha value is -2.52. The molecule has 0 spiro atoms. The van der Waals surface area contributed by atoms with E-state index in [1.807, 2.05) is 36.9 Å². The smallest absolute Gasteiger partial charge is 0.413 e. The van der Waals surface area contributed by atoms with E-state index >= 15 is 0 Å². The van der Waals surface area contributed by atoms with Gasteiger partial charge in [-0.1, -0.05) is 6.07 Å². The number of carbonyl (C=O) groups excluding carboxylic acids is 2. The number of rotatable bonds is 8. The first-order chi connectivity index (χ1) is 14.5. The second kappa shape index (κ2) is 10.5. The molecule has 2 aliphatic rings. The van der Waals surface area contributed by atoms with Crippen LogP contribution < -0.4 is 14.8 Å². The first-order valence-corrected chi connectivity index (χ1v) is 10.4. The maximum Gasteiger partial charge on any atom is 0.413 e. The van der Waals surface area contributed by atoms with Crippen LogP contribution in [0.5, 0.6) is 11.5 Å². The van der Waals surface area contributed by atoms with Crippen LogP contribution in [0.2, 0.25) is 0 Å². The van der Waals surface area contributed by atoms with Gasteiger partial charge in [0.2, 0.25) is 13.1 Å². The number of nitrogens with zero attached hydrogens (tertiary/aromatic N) is 2. The lowest BCUT2D eigenvalue weighted by atomic mass is 10.1. The molecule has 1 amide bonds. The first-order valence-electron chi connectivity index (χ1n) is 10.4. The molecule has 9 nitrogen and oxygen atoms in total. The molecule has 2 heterocycles. The molecule has 3 rings (SSSR count). The van der Waals surface area contributed by atoms with Crippen LogP contribution in [0.1, 0.15) is 26.3 Å². The highest BCUT2D eigenvalue weighted by molar-refractivity contribution is 5.72. The van der Waals surface area contributed by atoms with Gasteiger partial charge in [-0.2, -0.15) is 0 Å². The summed E-state index contributed by atoms with van der Waals surface area (Å²) in [6.45, 7) is 9.60. The van der Waals surface area contributed by atoms with E-state index in [4.69, 9.17) is 18.9 Å². The van der Waals surface area contributed by atoms with Crippen molar-refractivity contribution in [3.63, 3.8) is 0 Å². The van der Waals surface area contributed by atoms with Crippen molar-refractivity contribution in [3.8, 4) is 11.5 Å². The van der Waals surface area contributed by atoms with E-state index in [2.05, 4.69) is 5.32 Å². The van der Waals surface area contributed by atoms with E-state index in [-0.39, 0.29) is 19.4 Å². The average molecular weight is 421 g/mol. The van der Waals surface area contributed by atoms with Crippen LogP contribution in [0.15, 0.2) is 18.2 Å². The lowest BCUT2D eigenvalue weighted by Gasteiger charge is -2.29. The van der Waals surface area contributed by atoms with Gasteiger partial charge >= 0.3 is 12.1 Å². The van der Waals surface area contributed by atoms with E-state index in [0.717, 1.165) is 43.2 Å². The Morgan fingerprint density at radius 1 is 1.17 bits per heavy atom. The van der Waals surface area contributed by atoms with Gasteiger partial charge in [0.15, 0.2) is 11.5 Å². The topological polar surface area (TPSA) is 89.6 Å². The molecule has 1 N–H and O–H groups in total. The SMILES string of the molecule is CCN(C(=O)OC(C)OC(=O)CN1CCNCC1)C(C)Cc1ccc2c(c1)OCO2. The van der Waals surface area contributed by atoms with E-state index in [1.165, 1.54) is 0 Å². The summed E-state index contributed by atoms with van der Waals surface area (Å²) in [5.41, 5.74) is 1.04. The van der Waals surface area contributed by atoms with E-state index in [9.17, 15) is 9.59 Å². The van der Waals surface area contributed by atoms with Gasteiger partial charge in [0.05, 0.1) is 6.54 Å². The zero-order valence-electron chi connectivity index (χ0n) is 17.9. The monoisotopic (exact) mass is 421 g/mol. The highest BCUT2D eigenvalue weighted by Crippen LogP contribution is 2.33. The zero-order valence-corrected chi connectivity index (χ0v) is 17.9. The van der Waals surface area contributed by atoms with Crippen molar-refractivity contribution in [3.05, 3.63) is 23.8 Å². The van der Waals surface area contributed by atoms with Crippen molar-refractivity contribution in [2.24, 2.45) is 0 Å². The number of hydrogen-bond acceptors (Lipinski definition) is 8. The van der Waals surface area contributed by atoms with E-state index in [1.54, 1.807) is 11.8 Å². The number of nitrogens with one attached hydrogen (secondary N) is 1. The number of likely N-dealkylation sites (N-methyl/N-ethyl adjacent to an activating group) is 1. The van der Waals surface area contributed by atoms with Crippen molar-refractivity contribution >= 4 is 12.1 Å². The Morgan fingerprint density at radius 3 is 2.63 bits per heavy atom. The van der Waals surface area contributed by atoms with Gasteiger partial charge in [-0.05, 0) is 38.0 Å².